The van der Waals surface area contributed by atoms with E-state index in [4.69, 9.17) is 4.74 Å². The van der Waals surface area contributed by atoms with Gasteiger partial charge in [0.15, 0.2) is 5.75 Å². The van der Waals surface area contributed by atoms with Crippen molar-refractivity contribution in [2.24, 2.45) is 5.92 Å². The monoisotopic (exact) mass is 274 g/mol. The standard InChI is InChI=1S/C16H22N2O2/c1-2-12-6-9-18(10-7-12)16(19)13-4-3-5-14-15(13)20-11-8-17-14/h3-5,12,17H,2,6-11H2,1H3. The van der Waals surface area contributed by atoms with Crippen LogP contribution >= 0.6 is 0 Å². The Balaban J connectivity index is 1.78. The van der Waals surface area contributed by atoms with Gasteiger partial charge in [-0.1, -0.05) is 19.4 Å². The van der Waals surface area contributed by atoms with Crippen molar-refractivity contribution in [3.63, 3.8) is 0 Å². The van der Waals surface area contributed by atoms with E-state index in [2.05, 4.69) is 12.2 Å². The van der Waals surface area contributed by atoms with E-state index in [0.29, 0.717) is 12.2 Å². The van der Waals surface area contributed by atoms with Crippen LogP contribution in [0.1, 0.15) is 36.5 Å². The zero-order valence-corrected chi connectivity index (χ0v) is 12.0. The Morgan fingerprint density at radius 2 is 2.20 bits per heavy atom. The molecule has 0 aromatic heterocycles. The lowest BCUT2D eigenvalue weighted by Gasteiger charge is -2.32. The number of anilines is 1. The lowest BCUT2D eigenvalue weighted by molar-refractivity contribution is 0.0684. The number of amides is 1. The van der Waals surface area contributed by atoms with Gasteiger partial charge in [0.1, 0.15) is 6.61 Å². The van der Waals surface area contributed by atoms with Crippen LogP contribution in [0.2, 0.25) is 0 Å². The maximum atomic E-state index is 12.7. The molecule has 0 aliphatic carbocycles. The highest BCUT2D eigenvalue weighted by molar-refractivity contribution is 5.99. The van der Waals surface area contributed by atoms with Crippen LogP contribution in [0.15, 0.2) is 18.2 Å². The van der Waals surface area contributed by atoms with Crippen LogP contribution in [0.25, 0.3) is 0 Å². The lowest BCUT2D eigenvalue weighted by atomic mass is 9.94. The minimum atomic E-state index is 0.111. The molecule has 2 aliphatic rings. The minimum absolute atomic E-state index is 0.111. The first kappa shape index (κ1) is 13.3. The van der Waals surface area contributed by atoms with E-state index >= 15 is 0 Å². The third-order valence-electron chi connectivity index (χ3n) is 4.39. The topological polar surface area (TPSA) is 41.6 Å². The van der Waals surface area contributed by atoms with Crippen molar-refractivity contribution < 1.29 is 9.53 Å². The molecule has 0 unspecified atom stereocenters. The summed E-state index contributed by atoms with van der Waals surface area (Å²) >= 11 is 0. The lowest BCUT2D eigenvalue weighted by Crippen LogP contribution is -2.38. The molecule has 1 aromatic rings. The average Bonchev–Trinajstić information content (AvgIpc) is 2.54. The zero-order valence-electron chi connectivity index (χ0n) is 12.0. The number of fused-ring (bicyclic) bond motifs is 1. The third-order valence-corrected chi connectivity index (χ3v) is 4.39. The third kappa shape index (κ3) is 2.47. The van der Waals surface area contributed by atoms with E-state index in [1.165, 1.54) is 6.42 Å². The molecule has 1 aromatic carbocycles. The maximum absolute atomic E-state index is 12.7. The van der Waals surface area contributed by atoms with Gasteiger partial charge in [-0.05, 0) is 30.9 Å². The molecule has 1 N–H and O–H groups in total. The highest BCUT2D eigenvalue weighted by Gasteiger charge is 2.26. The summed E-state index contributed by atoms with van der Waals surface area (Å²) in [5.41, 5.74) is 1.63. The Labute approximate surface area is 120 Å². The molecule has 2 aliphatic heterocycles. The number of piperidine rings is 1. The van der Waals surface area contributed by atoms with Crippen molar-refractivity contribution in [2.45, 2.75) is 26.2 Å². The Hall–Kier alpha value is -1.71. The number of nitrogens with one attached hydrogen (secondary N) is 1. The van der Waals surface area contributed by atoms with Gasteiger partial charge < -0.3 is 15.0 Å². The number of hydrogen-bond acceptors (Lipinski definition) is 3. The maximum Gasteiger partial charge on any atom is 0.257 e. The number of carbonyl (C=O) groups excluding carboxylic acids is 1. The van der Waals surface area contributed by atoms with Crippen molar-refractivity contribution in [1.29, 1.82) is 0 Å². The van der Waals surface area contributed by atoms with Gasteiger partial charge in [0.05, 0.1) is 11.3 Å². The smallest absolute Gasteiger partial charge is 0.257 e. The molecule has 20 heavy (non-hydrogen) atoms. The predicted molar refractivity (Wildman–Crippen MR) is 79.3 cm³/mol. The number of rotatable bonds is 2. The summed E-state index contributed by atoms with van der Waals surface area (Å²) in [6, 6.07) is 5.77. The number of nitrogens with zero attached hydrogens (tertiary/aromatic N) is 1. The first-order valence-electron chi connectivity index (χ1n) is 7.58. The van der Waals surface area contributed by atoms with E-state index in [-0.39, 0.29) is 5.91 Å². The summed E-state index contributed by atoms with van der Waals surface area (Å²) in [5, 5.41) is 3.28. The van der Waals surface area contributed by atoms with Gasteiger partial charge in [0.2, 0.25) is 0 Å². The van der Waals surface area contributed by atoms with Gasteiger partial charge in [-0.3, -0.25) is 4.79 Å². The Morgan fingerprint density at radius 3 is 2.95 bits per heavy atom. The minimum Gasteiger partial charge on any atom is -0.489 e. The molecule has 2 heterocycles. The number of likely N-dealkylation sites (tertiary alicyclic amines) is 1. The van der Waals surface area contributed by atoms with Crippen molar-refractivity contribution in [3.05, 3.63) is 23.8 Å². The fraction of sp³-hybridized carbons (Fsp3) is 0.562. The van der Waals surface area contributed by atoms with E-state index < -0.39 is 0 Å². The molecular weight excluding hydrogens is 252 g/mol. The van der Waals surface area contributed by atoms with Crippen molar-refractivity contribution in [3.8, 4) is 5.75 Å². The molecule has 0 radical (unpaired) electrons. The number of ether oxygens (including phenoxy) is 1. The summed E-state index contributed by atoms with van der Waals surface area (Å²) < 4.78 is 5.70. The summed E-state index contributed by atoms with van der Waals surface area (Å²) in [6.07, 6.45) is 3.46. The molecular formula is C16H22N2O2. The largest absolute Gasteiger partial charge is 0.489 e. The summed E-state index contributed by atoms with van der Waals surface area (Å²) in [7, 11) is 0. The van der Waals surface area contributed by atoms with Crippen LogP contribution in [-0.4, -0.2) is 37.0 Å². The molecule has 1 amide bonds. The fourth-order valence-corrected chi connectivity index (χ4v) is 3.05. The second-order valence-corrected chi connectivity index (χ2v) is 5.60. The fourth-order valence-electron chi connectivity index (χ4n) is 3.05. The number of hydrogen-bond donors (Lipinski definition) is 1. The van der Waals surface area contributed by atoms with Gasteiger partial charge in [-0.2, -0.15) is 0 Å². The Morgan fingerprint density at radius 1 is 1.40 bits per heavy atom. The average molecular weight is 274 g/mol. The van der Waals surface area contributed by atoms with Crippen LogP contribution in [0.4, 0.5) is 5.69 Å². The van der Waals surface area contributed by atoms with Gasteiger partial charge in [0, 0.05) is 19.6 Å². The van der Waals surface area contributed by atoms with E-state index in [1.54, 1.807) is 0 Å². The van der Waals surface area contributed by atoms with Crippen LogP contribution in [-0.2, 0) is 0 Å². The van der Waals surface area contributed by atoms with Crippen LogP contribution in [0.3, 0.4) is 0 Å². The van der Waals surface area contributed by atoms with Crippen LogP contribution < -0.4 is 10.1 Å². The van der Waals surface area contributed by atoms with E-state index in [1.807, 2.05) is 23.1 Å². The molecule has 4 heteroatoms. The molecule has 0 bridgehead atoms. The van der Waals surface area contributed by atoms with Crippen molar-refractivity contribution in [2.75, 3.05) is 31.6 Å². The van der Waals surface area contributed by atoms with Crippen LogP contribution in [0.5, 0.6) is 5.75 Å². The second kappa shape index (κ2) is 5.73. The van der Waals surface area contributed by atoms with Gasteiger partial charge in [-0.25, -0.2) is 0 Å². The summed E-state index contributed by atoms with van der Waals surface area (Å²) in [6.45, 7) is 5.39. The van der Waals surface area contributed by atoms with Gasteiger partial charge in [0.25, 0.3) is 5.91 Å². The molecule has 108 valence electrons. The number of carbonyl (C=O) groups is 1. The first-order valence-corrected chi connectivity index (χ1v) is 7.58. The Bertz CT molecular complexity index is 493. The predicted octanol–water partition coefficient (Wildman–Crippen LogP) is 2.75. The summed E-state index contributed by atoms with van der Waals surface area (Å²) in [5.74, 6) is 1.61. The van der Waals surface area contributed by atoms with Gasteiger partial charge in [-0.15, -0.1) is 0 Å². The first-order chi connectivity index (χ1) is 9.79. The van der Waals surface area contributed by atoms with E-state index in [0.717, 1.165) is 49.8 Å². The Kier molecular flexibility index (Phi) is 3.81. The molecule has 0 saturated carbocycles. The number of benzene rings is 1. The van der Waals surface area contributed by atoms with Crippen molar-refractivity contribution >= 4 is 11.6 Å². The highest BCUT2D eigenvalue weighted by atomic mass is 16.5. The SMILES string of the molecule is CCC1CCN(C(=O)c2cccc3c2OCCN3)CC1. The number of para-hydroxylation sites is 1. The van der Waals surface area contributed by atoms with Gasteiger partial charge >= 0.3 is 0 Å². The highest BCUT2D eigenvalue weighted by Crippen LogP contribution is 2.32. The normalized spacial score (nSPS) is 18.9. The molecule has 0 spiro atoms. The molecule has 3 rings (SSSR count). The molecule has 4 nitrogen and oxygen atoms in total. The van der Waals surface area contributed by atoms with E-state index in [9.17, 15) is 4.79 Å². The molecule has 1 fully saturated rings. The van der Waals surface area contributed by atoms with Crippen LogP contribution in [0, 0.1) is 5.92 Å². The summed E-state index contributed by atoms with van der Waals surface area (Å²) in [4.78, 5) is 14.7. The van der Waals surface area contributed by atoms with Crippen molar-refractivity contribution in [1.82, 2.24) is 4.90 Å². The second-order valence-electron chi connectivity index (χ2n) is 5.60. The zero-order chi connectivity index (χ0) is 13.9. The quantitative estimate of drug-likeness (QED) is 0.901. The molecule has 0 atom stereocenters. The molecule has 1 saturated heterocycles.